The van der Waals surface area contributed by atoms with Gasteiger partial charge in [0, 0.05) is 6.42 Å². The highest BCUT2D eigenvalue weighted by Crippen LogP contribution is 2.04. The fourth-order valence-corrected chi connectivity index (χ4v) is 1.07. The fraction of sp³-hybridized carbons (Fsp3) is 0.727. The molecule has 5 atom stereocenters. The smallest absolute Gasteiger partial charge is 0.335 e. The number of aliphatic hydroxyl groups is 5. The first kappa shape index (κ1) is 27.5. The summed E-state index contributed by atoms with van der Waals surface area (Å²) in [7, 11) is 0. The van der Waals surface area contributed by atoms with E-state index in [-0.39, 0.29) is 29.8 Å². The molecule has 12 nitrogen and oxygen atoms in total. The number of carboxylic acids is 3. The first-order chi connectivity index (χ1) is 10.4. The van der Waals surface area contributed by atoms with Crippen LogP contribution < -0.4 is 5.73 Å². The Bertz CT molecular complexity index is 394. The fourth-order valence-electron chi connectivity index (χ4n) is 1.07. The minimum Gasteiger partial charge on any atom is -0.481 e. The molecular weight excluding hydrogens is 402 g/mol. The lowest BCUT2D eigenvalue weighted by Gasteiger charge is -2.23. The van der Waals surface area contributed by atoms with Crippen LogP contribution in [0.25, 0.3) is 0 Å². The molecule has 0 rings (SSSR count). The number of hydrogen-bond donors (Lipinski definition) is 9. The number of carboxylic acid groups (broad SMARTS) is 3. The highest BCUT2D eigenvalue weighted by Gasteiger charge is 2.33. The SMILES string of the molecule is Br.NC(CCC(=O)O)C(=O)O.O=C(O)[C@H](O)[C@@H](O)[C@H](O)[C@H](O)CO. The molecule has 13 heteroatoms. The molecule has 0 bridgehead atoms. The molecule has 0 aliphatic heterocycles. The number of aliphatic carboxylic acids is 3. The number of nitrogens with two attached hydrogens (primary N) is 1. The molecule has 0 aromatic rings. The molecule has 0 heterocycles. The van der Waals surface area contributed by atoms with Crippen LogP contribution in [0.2, 0.25) is 0 Å². The molecule has 0 saturated heterocycles. The van der Waals surface area contributed by atoms with E-state index in [0.717, 1.165) is 0 Å². The third-order valence-electron chi connectivity index (χ3n) is 2.49. The van der Waals surface area contributed by atoms with E-state index in [4.69, 9.17) is 46.6 Å². The average Bonchev–Trinajstić information content (AvgIpc) is 2.49. The van der Waals surface area contributed by atoms with E-state index in [2.05, 4.69) is 0 Å². The highest BCUT2D eigenvalue weighted by molar-refractivity contribution is 8.93. The lowest BCUT2D eigenvalue weighted by Crippen LogP contribution is -2.48. The Kier molecular flexibility index (Phi) is 16.1. The van der Waals surface area contributed by atoms with Crippen molar-refractivity contribution in [2.75, 3.05) is 6.61 Å². The first-order valence-corrected chi connectivity index (χ1v) is 6.21. The zero-order valence-corrected chi connectivity index (χ0v) is 14.0. The summed E-state index contributed by atoms with van der Waals surface area (Å²) in [5, 5.41) is 68.1. The molecule has 0 saturated carbocycles. The van der Waals surface area contributed by atoms with Crippen molar-refractivity contribution in [2.24, 2.45) is 5.73 Å². The third kappa shape index (κ3) is 12.1. The van der Waals surface area contributed by atoms with Gasteiger partial charge >= 0.3 is 17.9 Å². The second-order valence-corrected chi connectivity index (χ2v) is 4.39. The van der Waals surface area contributed by atoms with Crippen molar-refractivity contribution in [1.82, 2.24) is 0 Å². The van der Waals surface area contributed by atoms with Crippen LogP contribution in [0, 0.1) is 0 Å². The molecule has 1 unspecified atom stereocenters. The molecular formula is C11H22BrNO11. The summed E-state index contributed by atoms with van der Waals surface area (Å²) >= 11 is 0. The summed E-state index contributed by atoms with van der Waals surface area (Å²) in [6.45, 7) is -0.843. The van der Waals surface area contributed by atoms with Crippen LogP contribution in [-0.4, -0.2) is 95.8 Å². The van der Waals surface area contributed by atoms with Gasteiger partial charge in [-0.2, -0.15) is 0 Å². The van der Waals surface area contributed by atoms with Gasteiger partial charge in [0.25, 0.3) is 0 Å². The van der Waals surface area contributed by atoms with E-state index >= 15 is 0 Å². The Labute approximate surface area is 146 Å². The number of halogens is 1. The van der Waals surface area contributed by atoms with Crippen molar-refractivity contribution in [1.29, 1.82) is 0 Å². The predicted molar refractivity (Wildman–Crippen MR) is 81.6 cm³/mol. The van der Waals surface area contributed by atoms with Gasteiger partial charge in [-0.05, 0) is 6.42 Å². The molecule has 0 aromatic heterocycles. The Morgan fingerprint density at radius 3 is 1.62 bits per heavy atom. The normalized spacial score (nSPS) is 16.2. The largest absolute Gasteiger partial charge is 0.481 e. The molecule has 24 heavy (non-hydrogen) atoms. The summed E-state index contributed by atoms with van der Waals surface area (Å²) in [5.41, 5.74) is 5.00. The standard InChI is InChI=1S/C6H12O7.C5H9NO4.BrH/c7-1-2(8)3(9)4(10)5(11)6(12)13;6-3(5(9)10)1-2-4(7)8;/h2-5,7-11H,1H2,(H,12,13);3H,1-2,6H2,(H,7,8)(H,9,10);1H/t2-,3-,4+,5-;;/m1../s1. The van der Waals surface area contributed by atoms with Crippen molar-refractivity contribution >= 4 is 34.9 Å². The predicted octanol–water partition coefficient (Wildman–Crippen LogP) is -3.65. The van der Waals surface area contributed by atoms with Crippen LogP contribution in [0.15, 0.2) is 0 Å². The van der Waals surface area contributed by atoms with Crippen molar-refractivity contribution < 1.29 is 55.2 Å². The second-order valence-electron chi connectivity index (χ2n) is 4.39. The number of aliphatic hydroxyl groups excluding tert-OH is 5. The van der Waals surface area contributed by atoms with E-state index < -0.39 is 55.0 Å². The van der Waals surface area contributed by atoms with Gasteiger partial charge in [-0.1, -0.05) is 0 Å². The number of hydrogen-bond acceptors (Lipinski definition) is 9. The molecule has 0 spiro atoms. The Balaban J connectivity index is -0.000000364. The van der Waals surface area contributed by atoms with E-state index in [0.29, 0.717) is 0 Å². The lowest BCUT2D eigenvalue weighted by molar-refractivity contribution is -0.164. The quantitative estimate of drug-likeness (QED) is 0.174. The van der Waals surface area contributed by atoms with Crippen LogP contribution in [0.1, 0.15) is 12.8 Å². The van der Waals surface area contributed by atoms with Gasteiger partial charge in [-0.3, -0.25) is 9.59 Å². The first-order valence-electron chi connectivity index (χ1n) is 6.21. The van der Waals surface area contributed by atoms with Crippen molar-refractivity contribution in [3.8, 4) is 0 Å². The van der Waals surface area contributed by atoms with Crippen LogP contribution in [-0.2, 0) is 14.4 Å². The summed E-state index contributed by atoms with van der Waals surface area (Å²) in [5.74, 6) is -3.92. The molecule has 0 radical (unpaired) electrons. The summed E-state index contributed by atoms with van der Waals surface area (Å²) in [6, 6.07) is -1.06. The maximum Gasteiger partial charge on any atom is 0.335 e. The lowest BCUT2D eigenvalue weighted by atomic mass is 10.0. The van der Waals surface area contributed by atoms with Gasteiger partial charge in [0.05, 0.1) is 6.61 Å². The van der Waals surface area contributed by atoms with Crippen LogP contribution in [0.3, 0.4) is 0 Å². The van der Waals surface area contributed by atoms with E-state index in [1.54, 1.807) is 0 Å². The number of carbonyl (C=O) groups is 3. The Hall–Kier alpha value is -1.35. The van der Waals surface area contributed by atoms with Gasteiger partial charge in [-0.15, -0.1) is 17.0 Å². The van der Waals surface area contributed by atoms with E-state index in [1.807, 2.05) is 0 Å². The maximum absolute atomic E-state index is 10.1. The second kappa shape index (κ2) is 14.0. The summed E-state index contributed by atoms with van der Waals surface area (Å²) in [4.78, 5) is 30.0. The van der Waals surface area contributed by atoms with Gasteiger partial charge in [0.2, 0.25) is 0 Å². The molecule has 0 amide bonds. The molecule has 0 fully saturated rings. The third-order valence-corrected chi connectivity index (χ3v) is 2.49. The average molecular weight is 424 g/mol. The zero-order chi connectivity index (χ0) is 18.7. The minimum absolute atomic E-state index is 0. The van der Waals surface area contributed by atoms with Crippen molar-refractivity contribution in [3.63, 3.8) is 0 Å². The molecule has 144 valence electrons. The summed E-state index contributed by atoms with van der Waals surface area (Å²) < 4.78 is 0. The van der Waals surface area contributed by atoms with Crippen LogP contribution in [0.5, 0.6) is 0 Å². The highest BCUT2D eigenvalue weighted by atomic mass is 79.9. The van der Waals surface area contributed by atoms with Gasteiger partial charge < -0.3 is 46.6 Å². The maximum atomic E-state index is 10.1. The monoisotopic (exact) mass is 423 g/mol. The molecule has 10 N–H and O–H groups in total. The van der Waals surface area contributed by atoms with E-state index in [9.17, 15) is 14.4 Å². The van der Waals surface area contributed by atoms with Gasteiger partial charge in [0.1, 0.15) is 24.4 Å². The number of rotatable bonds is 9. The summed E-state index contributed by atoms with van der Waals surface area (Å²) in [6.07, 6.45) is -8.06. The topological polar surface area (TPSA) is 239 Å². The van der Waals surface area contributed by atoms with E-state index in [1.165, 1.54) is 0 Å². The van der Waals surface area contributed by atoms with Crippen molar-refractivity contribution in [3.05, 3.63) is 0 Å². The minimum atomic E-state index is -2.20. The Morgan fingerprint density at radius 1 is 0.875 bits per heavy atom. The van der Waals surface area contributed by atoms with Crippen LogP contribution >= 0.6 is 17.0 Å². The van der Waals surface area contributed by atoms with Crippen LogP contribution in [0.4, 0.5) is 0 Å². The molecule has 0 aromatic carbocycles. The van der Waals surface area contributed by atoms with Gasteiger partial charge in [-0.25, -0.2) is 4.79 Å². The van der Waals surface area contributed by atoms with Crippen molar-refractivity contribution in [2.45, 2.75) is 43.3 Å². The van der Waals surface area contributed by atoms with Gasteiger partial charge in [0.15, 0.2) is 6.10 Å². The molecule has 0 aliphatic rings. The molecule has 0 aliphatic carbocycles. The Morgan fingerprint density at radius 2 is 1.33 bits per heavy atom. The zero-order valence-electron chi connectivity index (χ0n) is 12.3.